The van der Waals surface area contributed by atoms with Crippen molar-refractivity contribution >= 4 is 23.2 Å². The van der Waals surface area contributed by atoms with E-state index in [2.05, 4.69) is 16.0 Å². The van der Waals surface area contributed by atoms with Gasteiger partial charge in [-0.1, -0.05) is 24.3 Å². The SMILES string of the molecule is O=C(N[C@@]1(C(=O)NCc2ccc(Nc3ccccc3C(F)(F)F)cc2)CCOC1)C1CCOC1. The van der Waals surface area contributed by atoms with E-state index in [1.54, 1.807) is 24.3 Å². The molecule has 2 aliphatic heterocycles. The summed E-state index contributed by atoms with van der Waals surface area (Å²) in [6, 6.07) is 12.0. The molecule has 2 atom stereocenters. The molecule has 0 spiro atoms. The number of alkyl halides is 3. The van der Waals surface area contributed by atoms with Crippen LogP contribution >= 0.6 is 0 Å². The minimum Gasteiger partial charge on any atom is -0.381 e. The lowest BCUT2D eigenvalue weighted by molar-refractivity contribution is -0.137. The minimum absolute atomic E-state index is 0.0392. The van der Waals surface area contributed by atoms with E-state index in [9.17, 15) is 22.8 Å². The van der Waals surface area contributed by atoms with E-state index in [-0.39, 0.29) is 36.6 Å². The Hall–Kier alpha value is -3.11. The summed E-state index contributed by atoms with van der Waals surface area (Å²) in [5, 5.41) is 8.50. The van der Waals surface area contributed by atoms with Gasteiger partial charge in [-0.3, -0.25) is 9.59 Å². The number of rotatable bonds is 7. The molecule has 2 fully saturated rings. The summed E-state index contributed by atoms with van der Waals surface area (Å²) in [5.41, 5.74) is -0.669. The molecule has 2 amide bonds. The number of halogens is 3. The number of amides is 2. The molecule has 1 unspecified atom stereocenters. The van der Waals surface area contributed by atoms with Crippen molar-refractivity contribution in [2.45, 2.75) is 31.1 Å². The number of hydrogen-bond acceptors (Lipinski definition) is 5. The average Bonchev–Trinajstić information content (AvgIpc) is 3.51. The highest BCUT2D eigenvalue weighted by Crippen LogP contribution is 2.35. The van der Waals surface area contributed by atoms with Crippen molar-refractivity contribution in [3.63, 3.8) is 0 Å². The Morgan fingerprint density at radius 2 is 1.79 bits per heavy atom. The largest absolute Gasteiger partial charge is 0.418 e. The first-order valence-electron chi connectivity index (χ1n) is 11.0. The van der Waals surface area contributed by atoms with Crippen molar-refractivity contribution in [1.82, 2.24) is 10.6 Å². The van der Waals surface area contributed by atoms with Crippen LogP contribution < -0.4 is 16.0 Å². The predicted molar refractivity (Wildman–Crippen MR) is 118 cm³/mol. The zero-order chi connectivity index (χ0) is 24.2. The summed E-state index contributed by atoms with van der Waals surface area (Å²) in [7, 11) is 0. The first kappa shape index (κ1) is 24.0. The molecular weight excluding hydrogens is 451 g/mol. The minimum atomic E-state index is -4.46. The third kappa shape index (κ3) is 5.51. The van der Waals surface area contributed by atoms with Crippen molar-refractivity contribution in [2.75, 3.05) is 31.7 Å². The third-order valence-electron chi connectivity index (χ3n) is 6.04. The maximum Gasteiger partial charge on any atom is 0.418 e. The van der Waals surface area contributed by atoms with Crippen molar-refractivity contribution in [3.8, 4) is 0 Å². The maximum atomic E-state index is 13.2. The lowest BCUT2D eigenvalue weighted by Gasteiger charge is -2.28. The van der Waals surface area contributed by atoms with Crippen molar-refractivity contribution in [3.05, 3.63) is 59.7 Å². The molecular formula is C24H26F3N3O4. The van der Waals surface area contributed by atoms with Gasteiger partial charge in [-0.2, -0.15) is 13.2 Å². The monoisotopic (exact) mass is 477 g/mol. The normalized spacial score (nSPS) is 22.4. The highest BCUT2D eigenvalue weighted by Gasteiger charge is 2.44. The van der Waals surface area contributed by atoms with Gasteiger partial charge in [0.15, 0.2) is 0 Å². The smallest absolute Gasteiger partial charge is 0.381 e. The number of anilines is 2. The van der Waals surface area contributed by atoms with Gasteiger partial charge in [-0.05, 0) is 36.2 Å². The van der Waals surface area contributed by atoms with Gasteiger partial charge in [-0.25, -0.2) is 0 Å². The van der Waals surface area contributed by atoms with Crippen LogP contribution in [0.3, 0.4) is 0 Å². The fourth-order valence-electron chi connectivity index (χ4n) is 4.03. The number of para-hydroxylation sites is 1. The Bertz CT molecular complexity index is 1010. The van der Waals surface area contributed by atoms with Crippen LogP contribution in [0.15, 0.2) is 48.5 Å². The predicted octanol–water partition coefficient (Wildman–Crippen LogP) is 3.38. The second-order valence-electron chi connectivity index (χ2n) is 8.48. The van der Waals surface area contributed by atoms with E-state index in [4.69, 9.17) is 9.47 Å². The highest BCUT2D eigenvalue weighted by molar-refractivity contribution is 5.92. The van der Waals surface area contributed by atoms with Gasteiger partial charge in [0.25, 0.3) is 0 Å². The lowest BCUT2D eigenvalue weighted by Crippen LogP contribution is -2.60. The molecule has 0 aromatic heterocycles. The lowest BCUT2D eigenvalue weighted by atomic mass is 9.95. The molecule has 7 nitrogen and oxygen atoms in total. The van der Waals surface area contributed by atoms with E-state index < -0.39 is 17.3 Å². The first-order valence-corrected chi connectivity index (χ1v) is 11.0. The van der Waals surface area contributed by atoms with E-state index in [1.165, 1.54) is 18.2 Å². The summed E-state index contributed by atoms with van der Waals surface area (Å²) in [6.45, 7) is 1.54. The topological polar surface area (TPSA) is 88.7 Å². The van der Waals surface area contributed by atoms with Crippen LogP contribution in [0.4, 0.5) is 24.5 Å². The molecule has 0 radical (unpaired) electrons. The van der Waals surface area contributed by atoms with E-state index >= 15 is 0 Å². The van der Waals surface area contributed by atoms with Crippen molar-refractivity contribution in [1.29, 1.82) is 0 Å². The fourth-order valence-corrected chi connectivity index (χ4v) is 4.03. The maximum absolute atomic E-state index is 13.2. The van der Waals surface area contributed by atoms with Gasteiger partial charge in [-0.15, -0.1) is 0 Å². The van der Waals surface area contributed by atoms with Gasteiger partial charge < -0.3 is 25.4 Å². The van der Waals surface area contributed by atoms with E-state index in [0.717, 1.165) is 11.6 Å². The number of benzene rings is 2. The van der Waals surface area contributed by atoms with Crippen LogP contribution in [0.5, 0.6) is 0 Å². The highest BCUT2D eigenvalue weighted by atomic mass is 19.4. The average molecular weight is 477 g/mol. The summed E-state index contributed by atoms with van der Waals surface area (Å²) in [5.74, 6) is -0.820. The van der Waals surface area contributed by atoms with Crippen molar-refractivity contribution in [2.24, 2.45) is 5.92 Å². The molecule has 3 N–H and O–H groups in total. The number of carbonyl (C=O) groups excluding carboxylic acids is 2. The summed E-state index contributed by atoms with van der Waals surface area (Å²) in [4.78, 5) is 25.5. The molecule has 10 heteroatoms. The first-order chi connectivity index (χ1) is 16.3. The van der Waals surface area contributed by atoms with Gasteiger partial charge in [0, 0.05) is 31.9 Å². The Labute approximate surface area is 195 Å². The standard InChI is InChI=1S/C24H26F3N3O4/c25-24(26,27)19-3-1-2-4-20(19)29-18-7-5-16(6-8-18)13-28-22(32)23(10-12-34-15-23)30-21(31)17-9-11-33-14-17/h1-8,17,29H,9-15H2,(H,28,32)(H,30,31)/t17?,23-/m0/s1. The number of ether oxygens (including phenoxy) is 2. The zero-order valence-corrected chi connectivity index (χ0v) is 18.4. The summed E-state index contributed by atoms with van der Waals surface area (Å²) in [6.07, 6.45) is -3.47. The van der Waals surface area contributed by atoms with Crippen LogP contribution in [0.1, 0.15) is 24.0 Å². The fraction of sp³-hybridized carbons (Fsp3) is 0.417. The van der Waals surface area contributed by atoms with Gasteiger partial charge in [0.05, 0.1) is 30.4 Å². The Morgan fingerprint density at radius 1 is 1.03 bits per heavy atom. The quantitative estimate of drug-likeness (QED) is 0.569. The molecule has 2 aliphatic rings. The van der Waals surface area contributed by atoms with Crippen LogP contribution in [0, 0.1) is 5.92 Å². The molecule has 2 saturated heterocycles. The second kappa shape index (κ2) is 10.0. The van der Waals surface area contributed by atoms with Crippen LogP contribution in [0.25, 0.3) is 0 Å². The molecule has 0 bridgehead atoms. The Morgan fingerprint density at radius 3 is 2.44 bits per heavy atom. The molecule has 182 valence electrons. The molecule has 2 heterocycles. The summed E-state index contributed by atoms with van der Waals surface area (Å²) >= 11 is 0. The van der Waals surface area contributed by atoms with Gasteiger partial charge in [0.1, 0.15) is 5.54 Å². The molecule has 0 aliphatic carbocycles. The van der Waals surface area contributed by atoms with Crippen molar-refractivity contribution < 1.29 is 32.2 Å². The molecule has 0 saturated carbocycles. The van der Waals surface area contributed by atoms with Crippen LogP contribution in [0.2, 0.25) is 0 Å². The zero-order valence-electron chi connectivity index (χ0n) is 18.4. The Kier molecular flexibility index (Phi) is 7.08. The van der Waals surface area contributed by atoms with E-state index in [0.29, 0.717) is 38.3 Å². The number of carbonyl (C=O) groups is 2. The van der Waals surface area contributed by atoms with E-state index in [1.807, 2.05) is 0 Å². The third-order valence-corrected chi connectivity index (χ3v) is 6.04. The van der Waals surface area contributed by atoms with Gasteiger partial charge >= 0.3 is 6.18 Å². The molecule has 2 aromatic rings. The Balaban J connectivity index is 1.36. The van der Waals surface area contributed by atoms with Crippen LogP contribution in [-0.2, 0) is 31.8 Å². The molecule has 34 heavy (non-hydrogen) atoms. The number of nitrogens with one attached hydrogen (secondary N) is 3. The van der Waals surface area contributed by atoms with Crippen LogP contribution in [-0.4, -0.2) is 43.8 Å². The number of hydrogen-bond donors (Lipinski definition) is 3. The second-order valence-corrected chi connectivity index (χ2v) is 8.48. The molecule has 4 rings (SSSR count). The summed E-state index contributed by atoms with van der Waals surface area (Å²) < 4.78 is 50.3. The molecule has 2 aromatic carbocycles. The van der Waals surface area contributed by atoms with Gasteiger partial charge in [0.2, 0.25) is 11.8 Å².